The van der Waals surface area contributed by atoms with Gasteiger partial charge < -0.3 is 10.2 Å². The number of aromatic nitrogens is 1. The third-order valence-corrected chi connectivity index (χ3v) is 4.95. The first-order valence-electron chi connectivity index (χ1n) is 9.19. The normalized spacial score (nSPS) is 16.7. The minimum absolute atomic E-state index is 0.00138. The van der Waals surface area contributed by atoms with Crippen LogP contribution in [-0.2, 0) is 16.0 Å². The molecule has 0 saturated heterocycles. The van der Waals surface area contributed by atoms with Gasteiger partial charge in [-0.3, -0.25) is 9.59 Å². The zero-order valence-electron chi connectivity index (χ0n) is 15.0. The van der Waals surface area contributed by atoms with E-state index in [0.717, 1.165) is 24.1 Å². The summed E-state index contributed by atoms with van der Waals surface area (Å²) in [6.45, 7) is 1.35. The van der Waals surface area contributed by atoms with Gasteiger partial charge in [0.15, 0.2) is 0 Å². The first-order chi connectivity index (χ1) is 13.2. The lowest BCUT2D eigenvalue weighted by Crippen LogP contribution is -2.33. The average molecular weight is 359 g/mol. The summed E-state index contributed by atoms with van der Waals surface area (Å²) in [7, 11) is 0. The van der Waals surface area contributed by atoms with Crippen LogP contribution < -0.4 is 5.32 Å². The number of carbonyl (C=O) groups is 2. The topological polar surface area (TPSA) is 62.3 Å². The van der Waals surface area contributed by atoms with Crippen LogP contribution in [-0.4, -0.2) is 34.8 Å². The predicted octanol–water partition coefficient (Wildman–Crippen LogP) is 3.30. The number of benzene rings is 1. The van der Waals surface area contributed by atoms with Crippen LogP contribution in [0.15, 0.2) is 54.7 Å². The van der Waals surface area contributed by atoms with E-state index in [1.807, 2.05) is 29.2 Å². The second kappa shape index (κ2) is 7.58. The monoisotopic (exact) mass is 359 g/mol. The zero-order valence-corrected chi connectivity index (χ0v) is 15.0. The van der Waals surface area contributed by atoms with E-state index in [0.29, 0.717) is 25.2 Å². The maximum Gasteiger partial charge on any atom is 0.246 e. The van der Waals surface area contributed by atoms with Crippen molar-refractivity contribution in [2.75, 3.05) is 18.4 Å². The van der Waals surface area contributed by atoms with Gasteiger partial charge in [-0.25, -0.2) is 4.98 Å². The van der Waals surface area contributed by atoms with E-state index in [1.165, 1.54) is 11.1 Å². The molecule has 1 N–H and O–H groups in total. The third kappa shape index (κ3) is 3.97. The minimum atomic E-state index is 0.00138. The molecule has 27 heavy (non-hydrogen) atoms. The SMILES string of the molecule is O=C1CCc2cc(C=CC(=O)N3CC=C(c4ccccc4)CC3)cnc2N1. The second-order valence-electron chi connectivity index (χ2n) is 6.79. The Morgan fingerprint density at radius 1 is 1.15 bits per heavy atom. The van der Waals surface area contributed by atoms with Gasteiger partial charge in [0.05, 0.1) is 0 Å². The molecule has 0 atom stereocenters. The van der Waals surface area contributed by atoms with Crippen molar-refractivity contribution >= 4 is 29.3 Å². The van der Waals surface area contributed by atoms with Crippen LogP contribution in [0.3, 0.4) is 0 Å². The first-order valence-corrected chi connectivity index (χ1v) is 9.19. The van der Waals surface area contributed by atoms with E-state index < -0.39 is 0 Å². The van der Waals surface area contributed by atoms with E-state index in [-0.39, 0.29) is 11.8 Å². The molecule has 0 bridgehead atoms. The van der Waals surface area contributed by atoms with Gasteiger partial charge in [-0.2, -0.15) is 0 Å². The third-order valence-electron chi connectivity index (χ3n) is 4.95. The van der Waals surface area contributed by atoms with E-state index in [4.69, 9.17) is 0 Å². The molecule has 2 amide bonds. The Bertz CT molecular complexity index is 932. The lowest BCUT2D eigenvalue weighted by atomic mass is 9.99. The molecule has 4 rings (SSSR count). The molecule has 0 aliphatic carbocycles. The van der Waals surface area contributed by atoms with Gasteiger partial charge in [0, 0.05) is 31.8 Å². The van der Waals surface area contributed by atoms with Crippen LogP contribution >= 0.6 is 0 Å². The highest BCUT2D eigenvalue weighted by atomic mass is 16.2. The summed E-state index contributed by atoms with van der Waals surface area (Å²) in [6.07, 6.45) is 9.23. The predicted molar refractivity (Wildman–Crippen MR) is 106 cm³/mol. The minimum Gasteiger partial charge on any atom is -0.335 e. The van der Waals surface area contributed by atoms with Gasteiger partial charge in [0.1, 0.15) is 5.82 Å². The maximum atomic E-state index is 12.5. The van der Waals surface area contributed by atoms with Crippen molar-refractivity contribution in [1.82, 2.24) is 9.88 Å². The van der Waals surface area contributed by atoms with Crippen molar-refractivity contribution in [3.8, 4) is 0 Å². The van der Waals surface area contributed by atoms with Crippen LogP contribution in [0.25, 0.3) is 11.6 Å². The van der Waals surface area contributed by atoms with Gasteiger partial charge in [-0.15, -0.1) is 0 Å². The van der Waals surface area contributed by atoms with Crippen LogP contribution in [0.1, 0.15) is 29.5 Å². The standard InChI is InChI=1S/C22H21N3O2/c26-20-8-7-19-14-16(15-23-22(19)24-20)6-9-21(27)25-12-10-18(11-13-25)17-4-2-1-3-5-17/h1-6,9-10,14-15H,7-8,11-13H2,(H,23,24,26). The Hall–Kier alpha value is -3.21. The number of nitrogens with one attached hydrogen (secondary N) is 1. The number of anilines is 1. The molecule has 0 fully saturated rings. The molecular weight excluding hydrogens is 338 g/mol. The van der Waals surface area contributed by atoms with Gasteiger partial charge in [-0.05, 0) is 47.2 Å². The molecule has 1 aromatic carbocycles. The van der Waals surface area contributed by atoms with Crippen molar-refractivity contribution in [1.29, 1.82) is 0 Å². The van der Waals surface area contributed by atoms with Crippen molar-refractivity contribution in [2.45, 2.75) is 19.3 Å². The molecule has 1 aromatic heterocycles. The van der Waals surface area contributed by atoms with E-state index in [2.05, 4.69) is 28.5 Å². The van der Waals surface area contributed by atoms with E-state index >= 15 is 0 Å². The molecular formula is C22H21N3O2. The maximum absolute atomic E-state index is 12.5. The van der Waals surface area contributed by atoms with E-state index in [9.17, 15) is 9.59 Å². The number of amides is 2. The fourth-order valence-electron chi connectivity index (χ4n) is 3.42. The molecule has 5 nitrogen and oxygen atoms in total. The molecule has 136 valence electrons. The van der Waals surface area contributed by atoms with Crippen LogP contribution in [0.5, 0.6) is 0 Å². The Kier molecular flexibility index (Phi) is 4.83. The number of pyridine rings is 1. The first kappa shape index (κ1) is 17.2. The Balaban J connectivity index is 1.40. The number of hydrogen-bond donors (Lipinski definition) is 1. The van der Waals surface area contributed by atoms with Gasteiger partial charge in [-0.1, -0.05) is 36.4 Å². The summed E-state index contributed by atoms with van der Waals surface area (Å²) in [5.41, 5.74) is 4.41. The van der Waals surface area contributed by atoms with Crippen molar-refractivity contribution in [3.63, 3.8) is 0 Å². The Morgan fingerprint density at radius 3 is 2.78 bits per heavy atom. The summed E-state index contributed by atoms with van der Waals surface area (Å²) in [4.78, 5) is 30.0. The molecule has 5 heteroatoms. The fraction of sp³-hybridized carbons (Fsp3) is 0.227. The molecule has 3 heterocycles. The number of carbonyl (C=O) groups excluding carboxylic acids is 2. The fourth-order valence-corrected chi connectivity index (χ4v) is 3.42. The molecule has 0 spiro atoms. The quantitative estimate of drug-likeness (QED) is 0.856. The highest BCUT2D eigenvalue weighted by Gasteiger charge is 2.17. The van der Waals surface area contributed by atoms with Gasteiger partial charge in [0.2, 0.25) is 11.8 Å². The molecule has 2 aromatic rings. The summed E-state index contributed by atoms with van der Waals surface area (Å²) >= 11 is 0. The summed E-state index contributed by atoms with van der Waals surface area (Å²) in [5, 5.41) is 2.77. The lowest BCUT2D eigenvalue weighted by Gasteiger charge is -2.25. The van der Waals surface area contributed by atoms with Crippen molar-refractivity contribution in [2.24, 2.45) is 0 Å². The summed E-state index contributed by atoms with van der Waals surface area (Å²) < 4.78 is 0. The van der Waals surface area contributed by atoms with Crippen LogP contribution in [0.2, 0.25) is 0 Å². The number of nitrogens with zero attached hydrogens (tertiary/aromatic N) is 2. The largest absolute Gasteiger partial charge is 0.335 e. The van der Waals surface area contributed by atoms with Gasteiger partial charge in [0.25, 0.3) is 0 Å². The Labute approximate surface area is 158 Å². The zero-order chi connectivity index (χ0) is 18.6. The number of rotatable bonds is 3. The number of fused-ring (bicyclic) bond motifs is 1. The molecule has 2 aliphatic heterocycles. The molecule has 0 radical (unpaired) electrons. The van der Waals surface area contributed by atoms with Crippen LogP contribution in [0.4, 0.5) is 5.82 Å². The number of hydrogen-bond acceptors (Lipinski definition) is 3. The molecule has 2 aliphatic rings. The van der Waals surface area contributed by atoms with Gasteiger partial charge >= 0.3 is 0 Å². The van der Waals surface area contributed by atoms with Crippen LogP contribution in [0, 0.1) is 0 Å². The highest BCUT2D eigenvalue weighted by Crippen LogP contribution is 2.23. The summed E-state index contributed by atoms with van der Waals surface area (Å²) in [5.74, 6) is 0.634. The lowest BCUT2D eigenvalue weighted by molar-refractivity contribution is -0.125. The summed E-state index contributed by atoms with van der Waals surface area (Å²) in [6, 6.07) is 12.3. The second-order valence-corrected chi connectivity index (χ2v) is 6.79. The molecule has 0 unspecified atom stereocenters. The average Bonchev–Trinajstić information content (AvgIpc) is 2.72. The number of aryl methyl sites for hydroxylation is 1. The van der Waals surface area contributed by atoms with E-state index in [1.54, 1.807) is 18.3 Å². The molecule has 0 saturated carbocycles. The van der Waals surface area contributed by atoms with Crippen molar-refractivity contribution in [3.05, 3.63) is 71.4 Å². The smallest absolute Gasteiger partial charge is 0.246 e. The van der Waals surface area contributed by atoms with Crippen molar-refractivity contribution < 1.29 is 9.59 Å². The Morgan fingerprint density at radius 2 is 2.00 bits per heavy atom. The highest BCUT2D eigenvalue weighted by molar-refractivity contribution is 5.94.